The summed E-state index contributed by atoms with van der Waals surface area (Å²) < 4.78 is 5.77. The van der Waals surface area contributed by atoms with Crippen LogP contribution in [0.1, 0.15) is 38.2 Å². The summed E-state index contributed by atoms with van der Waals surface area (Å²) in [5.41, 5.74) is 4.10. The second-order valence-corrected chi connectivity index (χ2v) is 10.2. The summed E-state index contributed by atoms with van der Waals surface area (Å²) in [6.07, 6.45) is 0.919. The van der Waals surface area contributed by atoms with Gasteiger partial charge in [0.15, 0.2) is 12.1 Å². The lowest BCUT2D eigenvalue weighted by Gasteiger charge is -2.24. The van der Waals surface area contributed by atoms with E-state index in [0.717, 1.165) is 16.8 Å². The van der Waals surface area contributed by atoms with E-state index in [1.165, 1.54) is 16.2 Å². The Labute approximate surface area is 230 Å². The van der Waals surface area contributed by atoms with Gasteiger partial charge in [0.25, 0.3) is 5.91 Å². The summed E-state index contributed by atoms with van der Waals surface area (Å²) >= 11 is 1.36. The Morgan fingerprint density at radius 3 is 2.59 bits per heavy atom. The number of carbonyl (C=O) groups excluding carboxylic acids is 3. The standard InChI is InChI=1S/C30H28N4O4S/c1-20-6-4-7-21(18-20)19-34-26(29(36)32-16-14-23-8-2-3-15-31-23)27(38-30(34)37)22-10-12-24(13-11-22)33-28(35)25-9-5-17-39-25/h2-13,15,17-18,26-27H,14,16,19H2,1H3,(H,32,36)(H,33,35)/t26-,27-/m0/s1. The van der Waals surface area contributed by atoms with Crippen LogP contribution in [-0.4, -0.2) is 40.4 Å². The maximum absolute atomic E-state index is 13.5. The van der Waals surface area contributed by atoms with Gasteiger partial charge in [0.2, 0.25) is 5.91 Å². The number of nitrogens with zero attached hydrogens (tertiary/aromatic N) is 2. The zero-order valence-corrected chi connectivity index (χ0v) is 22.2. The van der Waals surface area contributed by atoms with Gasteiger partial charge in [-0.3, -0.25) is 19.5 Å². The topological polar surface area (TPSA) is 101 Å². The Kier molecular flexibility index (Phi) is 7.98. The van der Waals surface area contributed by atoms with Crippen molar-refractivity contribution in [3.63, 3.8) is 0 Å². The predicted octanol–water partition coefficient (Wildman–Crippen LogP) is 5.12. The summed E-state index contributed by atoms with van der Waals surface area (Å²) in [6, 6.07) is 23.2. The van der Waals surface area contributed by atoms with E-state index in [1.807, 2.05) is 60.8 Å². The summed E-state index contributed by atoms with van der Waals surface area (Å²) in [5, 5.41) is 7.67. The Balaban J connectivity index is 1.34. The molecular weight excluding hydrogens is 512 g/mol. The smallest absolute Gasteiger partial charge is 0.411 e. The van der Waals surface area contributed by atoms with Crippen LogP contribution in [-0.2, 0) is 22.5 Å². The minimum atomic E-state index is -0.867. The van der Waals surface area contributed by atoms with Crippen LogP contribution in [0.15, 0.2) is 90.4 Å². The number of pyridine rings is 1. The van der Waals surface area contributed by atoms with Crippen molar-refractivity contribution in [2.75, 3.05) is 11.9 Å². The van der Waals surface area contributed by atoms with Crippen molar-refractivity contribution >= 4 is 34.9 Å². The number of carbonyl (C=O) groups is 3. The summed E-state index contributed by atoms with van der Waals surface area (Å²) in [7, 11) is 0. The molecule has 1 saturated heterocycles. The van der Waals surface area contributed by atoms with E-state index >= 15 is 0 Å². The van der Waals surface area contributed by atoms with Gasteiger partial charge < -0.3 is 15.4 Å². The first-order valence-corrected chi connectivity index (χ1v) is 13.5. The van der Waals surface area contributed by atoms with E-state index in [2.05, 4.69) is 15.6 Å². The van der Waals surface area contributed by atoms with Crippen molar-refractivity contribution in [1.82, 2.24) is 15.2 Å². The largest absolute Gasteiger partial charge is 0.438 e. The monoisotopic (exact) mass is 540 g/mol. The molecule has 0 unspecified atom stereocenters. The Bertz CT molecular complexity index is 1440. The highest BCUT2D eigenvalue weighted by atomic mass is 32.1. The summed E-state index contributed by atoms with van der Waals surface area (Å²) in [5.74, 6) is -0.496. The molecule has 39 heavy (non-hydrogen) atoms. The Hall–Kier alpha value is -4.50. The van der Waals surface area contributed by atoms with Crippen molar-refractivity contribution in [2.24, 2.45) is 0 Å². The third kappa shape index (κ3) is 6.32. The molecule has 198 valence electrons. The van der Waals surface area contributed by atoms with Crippen LogP contribution in [0.5, 0.6) is 0 Å². The van der Waals surface area contributed by atoms with Crippen LogP contribution in [0.3, 0.4) is 0 Å². The van der Waals surface area contributed by atoms with Gasteiger partial charge in [-0.1, -0.05) is 54.1 Å². The van der Waals surface area contributed by atoms with Crippen molar-refractivity contribution < 1.29 is 19.1 Å². The first kappa shape index (κ1) is 26.1. The van der Waals surface area contributed by atoms with Crippen LogP contribution < -0.4 is 10.6 Å². The third-order valence-corrected chi connectivity index (χ3v) is 7.31. The lowest BCUT2D eigenvalue weighted by molar-refractivity contribution is -0.126. The van der Waals surface area contributed by atoms with E-state index in [0.29, 0.717) is 29.1 Å². The fraction of sp³-hybridized carbons (Fsp3) is 0.200. The fourth-order valence-corrected chi connectivity index (χ4v) is 5.16. The number of nitrogens with one attached hydrogen (secondary N) is 2. The van der Waals surface area contributed by atoms with Crippen LogP contribution in [0.2, 0.25) is 0 Å². The molecule has 1 fully saturated rings. The van der Waals surface area contributed by atoms with Gasteiger partial charge in [-0.2, -0.15) is 0 Å². The maximum atomic E-state index is 13.5. The number of anilines is 1. The summed E-state index contributed by atoms with van der Waals surface area (Å²) in [6.45, 7) is 2.60. The molecule has 0 bridgehead atoms. The van der Waals surface area contributed by atoms with Gasteiger partial charge in [-0.25, -0.2) is 4.79 Å². The van der Waals surface area contributed by atoms with Crippen LogP contribution in [0, 0.1) is 6.92 Å². The molecule has 0 aliphatic carbocycles. The first-order valence-electron chi connectivity index (χ1n) is 12.6. The number of aromatic nitrogens is 1. The molecule has 0 saturated carbocycles. The van der Waals surface area contributed by atoms with E-state index < -0.39 is 18.2 Å². The minimum absolute atomic E-state index is 0.195. The number of ether oxygens (including phenoxy) is 1. The molecule has 0 spiro atoms. The molecule has 1 aliphatic rings. The molecule has 5 rings (SSSR count). The number of thiophene rings is 1. The highest BCUT2D eigenvalue weighted by molar-refractivity contribution is 7.12. The lowest BCUT2D eigenvalue weighted by Crippen LogP contribution is -2.46. The molecule has 0 radical (unpaired) electrons. The highest BCUT2D eigenvalue weighted by Crippen LogP contribution is 2.34. The Morgan fingerprint density at radius 2 is 1.87 bits per heavy atom. The second kappa shape index (κ2) is 11.9. The van der Waals surface area contributed by atoms with E-state index in [4.69, 9.17) is 4.74 Å². The number of rotatable bonds is 9. The van der Waals surface area contributed by atoms with Crippen molar-refractivity contribution in [3.05, 3.63) is 118 Å². The molecule has 2 aromatic carbocycles. The maximum Gasteiger partial charge on any atom is 0.411 e. The molecular formula is C30H28N4O4S. The van der Waals surface area contributed by atoms with Gasteiger partial charge in [0.05, 0.1) is 11.4 Å². The third-order valence-electron chi connectivity index (χ3n) is 6.44. The molecule has 4 aromatic rings. The highest BCUT2D eigenvalue weighted by Gasteiger charge is 2.46. The lowest BCUT2D eigenvalue weighted by atomic mass is 10.00. The quantitative estimate of drug-likeness (QED) is 0.307. The number of cyclic esters (lactones) is 1. The average molecular weight is 541 g/mol. The van der Waals surface area contributed by atoms with Crippen LogP contribution in [0.4, 0.5) is 10.5 Å². The number of amides is 3. The van der Waals surface area contributed by atoms with Gasteiger partial charge in [-0.05, 0) is 53.8 Å². The molecule has 3 heterocycles. The Morgan fingerprint density at radius 1 is 1.03 bits per heavy atom. The molecule has 3 amide bonds. The molecule has 1 aliphatic heterocycles. The molecule has 2 N–H and O–H groups in total. The fourth-order valence-electron chi connectivity index (χ4n) is 4.54. The number of hydrogen-bond acceptors (Lipinski definition) is 6. The SMILES string of the molecule is Cc1cccc(CN2C(=O)O[C@@H](c3ccc(NC(=O)c4cccs4)cc3)[C@H]2C(=O)NCCc2ccccn2)c1. The summed E-state index contributed by atoms with van der Waals surface area (Å²) in [4.78, 5) is 45.4. The van der Waals surface area contributed by atoms with E-state index in [-0.39, 0.29) is 18.4 Å². The minimum Gasteiger partial charge on any atom is -0.438 e. The molecule has 2 atom stereocenters. The van der Waals surface area contributed by atoms with Gasteiger partial charge in [0, 0.05) is 30.5 Å². The molecule has 2 aromatic heterocycles. The molecule has 8 nitrogen and oxygen atoms in total. The van der Waals surface area contributed by atoms with Crippen molar-refractivity contribution in [1.29, 1.82) is 0 Å². The second-order valence-electron chi connectivity index (χ2n) is 9.28. The van der Waals surface area contributed by atoms with Gasteiger partial charge in [-0.15, -0.1) is 11.3 Å². The average Bonchev–Trinajstić information content (AvgIpc) is 3.59. The zero-order chi connectivity index (χ0) is 27.2. The van der Waals surface area contributed by atoms with Crippen molar-refractivity contribution in [2.45, 2.75) is 32.0 Å². The predicted molar refractivity (Wildman–Crippen MR) is 149 cm³/mol. The van der Waals surface area contributed by atoms with Crippen molar-refractivity contribution in [3.8, 4) is 0 Å². The number of hydrogen-bond donors (Lipinski definition) is 2. The van der Waals surface area contributed by atoms with E-state index in [9.17, 15) is 14.4 Å². The van der Waals surface area contributed by atoms with Gasteiger partial charge >= 0.3 is 6.09 Å². The number of aryl methyl sites for hydroxylation is 1. The van der Waals surface area contributed by atoms with Gasteiger partial charge in [0.1, 0.15) is 0 Å². The zero-order valence-electron chi connectivity index (χ0n) is 21.4. The normalized spacial score (nSPS) is 16.5. The van der Waals surface area contributed by atoms with E-state index in [1.54, 1.807) is 36.5 Å². The number of benzene rings is 2. The molecule has 9 heteroatoms. The van der Waals surface area contributed by atoms with Crippen LogP contribution >= 0.6 is 11.3 Å². The van der Waals surface area contributed by atoms with Crippen LogP contribution in [0.25, 0.3) is 0 Å². The first-order chi connectivity index (χ1) is 19.0.